The Morgan fingerprint density at radius 3 is 1.30 bits per heavy atom. The van der Waals surface area contributed by atoms with Gasteiger partial charge in [-0.05, 0) is 101 Å². The molecular weight excluding hydrogens is 757 g/mol. The van der Waals surface area contributed by atoms with Gasteiger partial charge in [-0.1, -0.05) is 196 Å². The molecule has 11 rings (SSSR count). The highest BCUT2D eigenvalue weighted by molar-refractivity contribution is 7.04. The number of hydrogen-bond donors (Lipinski definition) is 0. The van der Waals surface area contributed by atoms with Crippen molar-refractivity contribution < 1.29 is 0 Å². The molecule has 2 aliphatic rings. The quantitative estimate of drug-likeness (QED) is 0.157. The maximum Gasteiger partial charge on any atom is 0.160 e. The van der Waals surface area contributed by atoms with Gasteiger partial charge in [-0.15, -0.1) is 0 Å². The lowest BCUT2D eigenvalue weighted by Crippen LogP contribution is -2.49. The number of rotatable bonds is 6. The first kappa shape index (κ1) is 36.4. The van der Waals surface area contributed by atoms with Crippen molar-refractivity contribution in [3.8, 4) is 89.5 Å². The standard InChI is InChI=1S/C56H44N2Si2/c1-59(2)52-21-13-11-19-45(52)48-34-42(28-31-54(48)59)41-27-30-44(47(33-41)43-29-32-55-49(35-43)46-20-12-14-22-53(46)60(55,3)4)51-36-50(57-56(58-51)40-17-9-6-10-18-40)39-25-23-38(24-26-39)37-15-7-5-8-16-37/h5-36H,1-4H3. The lowest BCUT2D eigenvalue weighted by Gasteiger charge is -2.20. The van der Waals surface area contributed by atoms with Crippen molar-refractivity contribution in [3.05, 3.63) is 194 Å². The third kappa shape index (κ3) is 5.89. The monoisotopic (exact) mass is 800 g/mol. The van der Waals surface area contributed by atoms with E-state index in [4.69, 9.17) is 9.97 Å². The summed E-state index contributed by atoms with van der Waals surface area (Å²) in [6.45, 7) is 9.94. The van der Waals surface area contributed by atoms with E-state index < -0.39 is 16.1 Å². The highest BCUT2D eigenvalue weighted by atomic mass is 28.3. The lowest BCUT2D eigenvalue weighted by atomic mass is 9.90. The second kappa shape index (κ2) is 13.9. The highest BCUT2D eigenvalue weighted by Gasteiger charge is 2.38. The molecule has 286 valence electrons. The van der Waals surface area contributed by atoms with Crippen molar-refractivity contribution >= 4 is 36.9 Å². The lowest BCUT2D eigenvalue weighted by molar-refractivity contribution is 1.18. The van der Waals surface area contributed by atoms with Crippen LogP contribution < -0.4 is 20.7 Å². The van der Waals surface area contributed by atoms with Gasteiger partial charge in [-0.2, -0.15) is 0 Å². The van der Waals surface area contributed by atoms with Crippen molar-refractivity contribution in [2.45, 2.75) is 26.2 Å². The van der Waals surface area contributed by atoms with E-state index in [-0.39, 0.29) is 0 Å². The molecule has 0 saturated carbocycles. The number of aromatic nitrogens is 2. The third-order valence-electron chi connectivity index (χ3n) is 13.2. The maximum absolute atomic E-state index is 5.37. The zero-order valence-corrected chi connectivity index (χ0v) is 36.4. The molecule has 0 aliphatic carbocycles. The second-order valence-electron chi connectivity index (χ2n) is 17.4. The zero-order valence-electron chi connectivity index (χ0n) is 34.4. The van der Waals surface area contributed by atoms with E-state index in [0.29, 0.717) is 5.82 Å². The summed E-state index contributed by atoms with van der Waals surface area (Å²) in [5, 5.41) is 6.07. The first-order valence-corrected chi connectivity index (χ1v) is 27.0. The van der Waals surface area contributed by atoms with Crippen LogP contribution in [0.3, 0.4) is 0 Å². The maximum atomic E-state index is 5.37. The van der Waals surface area contributed by atoms with Gasteiger partial charge in [-0.25, -0.2) is 9.97 Å². The summed E-state index contributed by atoms with van der Waals surface area (Å²) in [7, 11) is -3.60. The van der Waals surface area contributed by atoms with Crippen LogP contribution in [-0.4, -0.2) is 26.1 Å². The van der Waals surface area contributed by atoms with Crippen molar-refractivity contribution in [1.29, 1.82) is 0 Å². The highest BCUT2D eigenvalue weighted by Crippen LogP contribution is 2.41. The van der Waals surface area contributed by atoms with Gasteiger partial charge >= 0.3 is 0 Å². The molecule has 0 spiro atoms. The predicted molar refractivity (Wildman–Crippen MR) is 259 cm³/mol. The largest absolute Gasteiger partial charge is 0.228 e. The number of fused-ring (bicyclic) bond motifs is 6. The minimum absolute atomic E-state index is 0.713. The van der Waals surface area contributed by atoms with Gasteiger partial charge in [0, 0.05) is 16.7 Å². The van der Waals surface area contributed by atoms with Crippen LogP contribution in [0.15, 0.2) is 194 Å². The minimum Gasteiger partial charge on any atom is -0.228 e. The molecular formula is C56H44N2Si2. The summed E-state index contributed by atoms with van der Waals surface area (Å²) in [6.07, 6.45) is 0. The van der Waals surface area contributed by atoms with E-state index in [1.807, 2.05) is 6.07 Å². The molecule has 0 bridgehead atoms. The Kier molecular flexibility index (Phi) is 8.45. The molecule has 0 N–H and O–H groups in total. The molecule has 0 saturated heterocycles. The van der Waals surface area contributed by atoms with Crippen LogP contribution in [0.2, 0.25) is 26.2 Å². The van der Waals surface area contributed by atoms with Crippen molar-refractivity contribution in [1.82, 2.24) is 9.97 Å². The van der Waals surface area contributed by atoms with E-state index in [1.165, 1.54) is 70.8 Å². The van der Waals surface area contributed by atoms with Crippen molar-refractivity contribution in [3.63, 3.8) is 0 Å². The first-order valence-electron chi connectivity index (χ1n) is 21.0. The van der Waals surface area contributed by atoms with Gasteiger partial charge < -0.3 is 0 Å². The van der Waals surface area contributed by atoms with Gasteiger partial charge in [0.15, 0.2) is 5.82 Å². The second-order valence-corrected chi connectivity index (χ2v) is 26.0. The Morgan fingerprint density at radius 2 is 0.683 bits per heavy atom. The number of benzene rings is 8. The smallest absolute Gasteiger partial charge is 0.160 e. The van der Waals surface area contributed by atoms with Crippen LogP contribution in [0.1, 0.15) is 0 Å². The Morgan fingerprint density at radius 1 is 0.267 bits per heavy atom. The fraction of sp³-hybridized carbons (Fsp3) is 0.0714. The summed E-state index contributed by atoms with van der Waals surface area (Å²) >= 11 is 0. The molecule has 0 unspecified atom stereocenters. The van der Waals surface area contributed by atoms with Crippen molar-refractivity contribution in [2.75, 3.05) is 0 Å². The van der Waals surface area contributed by atoms with Gasteiger partial charge in [0.1, 0.15) is 16.1 Å². The summed E-state index contributed by atoms with van der Waals surface area (Å²) in [5.74, 6) is 0.713. The zero-order chi connectivity index (χ0) is 40.6. The van der Waals surface area contributed by atoms with E-state index in [9.17, 15) is 0 Å². The Bertz CT molecular complexity index is 3130. The molecule has 1 aromatic heterocycles. The molecule has 2 aliphatic heterocycles. The van der Waals surface area contributed by atoms with Crippen LogP contribution in [-0.2, 0) is 0 Å². The van der Waals surface area contributed by atoms with Gasteiger partial charge in [0.2, 0.25) is 0 Å². The average molecular weight is 801 g/mol. The Hall–Kier alpha value is -6.73. The van der Waals surface area contributed by atoms with Crippen LogP contribution >= 0.6 is 0 Å². The summed E-state index contributed by atoms with van der Waals surface area (Å²) in [6, 6.07) is 71.4. The summed E-state index contributed by atoms with van der Waals surface area (Å²) in [4.78, 5) is 10.6. The van der Waals surface area contributed by atoms with E-state index in [1.54, 1.807) is 0 Å². The van der Waals surface area contributed by atoms with Crippen LogP contribution in [0.5, 0.6) is 0 Å². The van der Waals surface area contributed by atoms with Gasteiger partial charge in [0.25, 0.3) is 0 Å². The fourth-order valence-corrected chi connectivity index (χ4v) is 16.0. The van der Waals surface area contributed by atoms with Gasteiger partial charge in [0.05, 0.1) is 11.4 Å². The molecule has 9 aromatic rings. The fourth-order valence-electron chi connectivity index (χ4n) is 9.89. The molecule has 0 amide bonds. The summed E-state index contributed by atoms with van der Waals surface area (Å²) < 4.78 is 0. The molecule has 60 heavy (non-hydrogen) atoms. The number of nitrogens with zero attached hydrogens (tertiary/aromatic N) is 2. The van der Waals surface area contributed by atoms with E-state index in [0.717, 1.165) is 33.6 Å². The molecule has 0 radical (unpaired) electrons. The molecule has 2 nitrogen and oxygen atoms in total. The van der Waals surface area contributed by atoms with Crippen LogP contribution in [0.4, 0.5) is 0 Å². The molecule has 0 atom stereocenters. The molecule has 3 heterocycles. The number of hydrogen-bond acceptors (Lipinski definition) is 2. The Balaban J connectivity index is 1.11. The Labute approximate surface area is 355 Å². The molecule has 0 fully saturated rings. The third-order valence-corrected chi connectivity index (χ3v) is 20.3. The van der Waals surface area contributed by atoms with E-state index in [2.05, 4.69) is 214 Å². The van der Waals surface area contributed by atoms with Crippen LogP contribution in [0, 0.1) is 0 Å². The van der Waals surface area contributed by atoms with Crippen molar-refractivity contribution in [2.24, 2.45) is 0 Å². The first-order chi connectivity index (χ1) is 29.2. The minimum atomic E-state index is -1.83. The SMILES string of the molecule is C[Si]1(C)c2ccccc2-c2cc(-c3ccc(-c4cc(-c5ccc(-c6ccccc6)cc5)nc(-c5ccccc5)n4)c(-c4ccc5c(c4)-c4ccccc4[Si]5(C)C)c3)ccc21. The topological polar surface area (TPSA) is 25.8 Å². The van der Waals surface area contributed by atoms with E-state index >= 15 is 0 Å². The molecule has 4 heteroatoms. The normalized spacial score (nSPS) is 13.9. The average Bonchev–Trinajstić information content (AvgIpc) is 3.68. The predicted octanol–water partition coefficient (Wildman–Crippen LogP) is 12.1. The molecule has 8 aromatic carbocycles. The summed E-state index contributed by atoms with van der Waals surface area (Å²) in [5.41, 5.74) is 17.6. The van der Waals surface area contributed by atoms with Crippen LogP contribution in [0.25, 0.3) is 89.5 Å². The van der Waals surface area contributed by atoms with Gasteiger partial charge in [-0.3, -0.25) is 0 Å².